The fourth-order valence-electron chi connectivity index (χ4n) is 6.01. The van der Waals surface area contributed by atoms with Gasteiger partial charge in [0, 0.05) is 48.0 Å². The molecule has 2 atom stereocenters. The van der Waals surface area contributed by atoms with E-state index in [1.54, 1.807) is 12.1 Å². The molecule has 2 aliphatic rings. The van der Waals surface area contributed by atoms with Crippen molar-refractivity contribution in [2.24, 2.45) is 11.5 Å². The van der Waals surface area contributed by atoms with E-state index in [9.17, 15) is 9.59 Å². The minimum absolute atomic E-state index is 0.0370. The fraction of sp³-hybridized carbons (Fsp3) is 0.323. The van der Waals surface area contributed by atoms with Crippen molar-refractivity contribution >= 4 is 51.2 Å². The van der Waals surface area contributed by atoms with Crippen LogP contribution in [0.5, 0.6) is 0 Å². The molecule has 12 heteroatoms. The second-order valence-electron chi connectivity index (χ2n) is 11.1. The van der Waals surface area contributed by atoms with Gasteiger partial charge in [0.2, 0.25) is 11.0 Å². The maximum absolute atomic E-state index is 13.0. The van der Waals surface area contributed by atoms with Crippen molar-refractivity contribution in [3.63, 3.8) is 0 Å². The van der Waals surface area contributed by atoms with Gasteiger partial charge >= 0.3 is 0 Å². The molecule has 1 saturated heterocycles. The molecule has 4 aromatic heterocycles. The lowest BCUT2D eigenvalue weighted by Crippen LogP contribution is -2.42. The van der Waals surface area contributed by atoms with Crippen molar-refractivity contribution in [2.75, 3.05) is 41.8 Å². The number of nitrogens with two attached hydrogens (primary N) is 2. The summed E-state index contributed by atoms with van der Waals surface area (Å²) in [5.74, 6) is 0.798. The maximum Gasteiger partial charge on any atom is 0.252 e. The normalized spacial score (nSPS) is 19.1. The standard InChI is InChI=1S/C31H33N7O5/c32-22-3-1-2-4-23(22)36-25-6-5-19(30(33)40)31(37-25)35-18-13-17-7-8-34-27(17)20(14-18)21-16-42-29-24(39)15-26(43-28(21)29)38-9-11-41-12-10-38/h5-8,13-16,22-23,34H,1-4,9-12,32H2,(H2,33,40)(H2,35,36,37)/t22-,23+/m1/s1. The average Bonchev–Trinajstić information content (AvgIpc) is 3.66. The van der Waals surface area contributed by atoms with E-state index in [0.29, 0.717) is 60.7 Å². The summed E-state index contributed by atoms with van der Waals surface area (Å²) in [4.78, 5) is 35.4. The number of H-pyrrole nitrogens is 1. The van der Waals surface area contributed by atoms with E-state index in [-0.39, 0.29) is 28.7 Å². The van der Waals surface area contributed by atoms with E-state index in [2.05, 4.69) is 15.6 Å². The number of pyridine rings is 1. The number of aromatic amines is 1. The van der Waals surface area contributed by atoms with Crippen LogP contribution < -0.4 is 32.4 Å². The van der Waals surface area contributed by atoms with Crippen LogP contribution >= 0.6 is 0 Å². The number of amides is 1. The Morgan fingerprint density at radius 1 is 1.05 bits per heavy atom. The number of carbonyl (C=O) groups excluding carboxylic acids is 1. The van der Waals surface area contributed by atoms with Crippen molar-refractivity contribution in [3.8, 4) is 11.1 Å². The summed E-state index contributed by atoms with van der Waals surface area (Å²) in [5, 5.41) is 7.64. The highest BCUT2D eigenvalue weighted by Gasteiger charge is 2.24. The summed E-state index contributed by atoms with van der Waals surface area (Å²) in [6.07, 6.45) is 7.50. The number of rotatable bonds is 7. The molecule has 222 valence electrons. The van der Waals surface area contributed by atoms with Crippen molar-refractivity contribution < 1.29 is 18.4 Å². The van der Waals surface area contributed by atoms with Gasteiger partial charge < -0.3 is 45.6 Å². The molecule has 1 aliphatic heterocycles. The van der Waals surface area contributed by atoms with Gasteiger partial charge in [0.1, 0.15) is 17.9 Å². The molecule has 5 aromatic rings. The van der Waals surface area contributed by atoms with Crippen LogP contribution in [0.4, 0.5) is 23.2 Å². The van der Waals surface area contributed by atoms with Crippen LogP contribution in [0.1, 0.15) is 36.0 Å². The molecule has 43 heavy (non-hydrogen) atoms. The number of fused-ring (bicyclic) bond motifs is 2. The van der Waals surface area contributed by atoms with E-state index in [4.69, 9.17) is 30.0 Å². The smallest absolute Gasteiger partial charge is 0.252 e. The molecule has 2 fully saturated rings. The quantitative estimate of drug-likeness (QED) is 0.186. The molecule has 0 spiro atoms. The lowest BCUT2D eigenvalue weighted by atomic mass is 9.91. The average molecular weight is 584 g/mol. The topological polar surface area (TPSA) is 178 Å². The van der Waals surface area contributed by atoms with E-state index < -0.39 is 5.91 Å². The van der Waals surface area contributed by atoms with Crippen LogP contribution in [-0.4, -0.2) is 54.3 Å². The molecule has 7 N–H and O–H groups in total. The SMILES string of the molecule is NC(=O)c1ccc(N[C@H]2CCCC[C@H]2N)nc1Nc1cc(-c2coc3c(=O)cc(N4CCOCC4)oc23)c2[nH]ccc2c1. The Labute approximate surface area is 246 Å². The van der Waals surface area contributed by atoms with Gasteiger partial charge in [-0.05, 0) is 43.2 Å². The Kier molecular flexibility index (Phi) is 6.99. The van der Waals surface area contributed by atoms with Crippen LogP contribution in [0.25, 0.3) is 33.2 Å². The summed E-state index contributed by atoms with van der Waals surface area (Å²) in [7, 11) is 0. The third-order valence-electron chi connectivity index (χ3n) is 8.28. The highest BCUT2D eigenvalue weighted by Crippen LogP contribution is 2.38. The number of morpholine rings is 1. The van der Waals surface area contributed by atoms with Gasteiger partial charge in [0.15, 0.2) is 11.5 Å². The summed E-state index contributed by atoms with van der Waals surface area (Å²) in [5.41, 5.74) is 15.4. The zero-order chi connectivity index (χ0) is 29.5. The second kappa shape index (κ2) is 11.1. The highest BCUT2D eigenvalue weighted by atomic mass is 16.5. The third kappa shape index (κ3) is 5.19. The van der Waals surface area contributed by atoms with Gasteiger partial charge in [0.25, 0.3) is 5.91 Å². The molecule has 1 amide bonds. The number of benzene rings is 1. The van der Waals surface area contributed by atoms with Crippen molar-refractivity contribution in [3.05, 3.63) is 64.6 Å². The number of ether oxygens (including phenoxy) is 1. The molecule has 0 radical (unpaired) electrons. The Morgan fingerprint density at radius 2 is 1.88 bits per heavy atom. The van der Waals surface area contributed by atoms with Crippen molar-refractivity contribution in [1.82, 2.24) is 9.97 Å². The van der Waals surface area contributed by atoms with Crippen molar-refractivity contribution in [2.45, 2.75) is 37.8 Å². The summed E-state index contributed by atoms with van der Waals surface area (Å²) in [6.45, 7) is 2.36. The van der Waals surface area contributed by atoms with Crippen LogP contribution in [0.2, 0.25) is 0 Å². The summed E-state index contributed by atoms with van der Waals surface area (Å²) < 4.78 is 17.5. The zero-order valence-corrected chi connectivity index (χ0v) is 23.5. The number of nitrogens with one attached hydrogen (secondary N) is 3. The van der Waals surface area contributed by atoms with Gasteiger partial charge in [-0.25, -0.2) is 4.98 Å². The van der Waals surface area contributed by atoms with Crippen molar-refractivity contribution in [1.29, 1.82) is 0 Å². The van der Waals surface area contributed by atoms with Gasteiger partial charge in [-0.2, -0.15) is 0 Å². The molecular formula is C31H33N7O5. The summed E-state index contributed by atoms with van der Waals surface area (Å²) >= 11 is 0. The molecule has 7 rings (SSSR count). The van der Waals surface area contributed by atoms with E-state index >= 15 is 0 Å². The predicted molar refractivity (Wildman–Crippen MR) is 165 cm³/mol. The van der Waals surface area contributed by atoms with Crippen LogP contribution in [0.3, 0.4) is 0 Å². The number of primary amides is 1. The van der Waals surface area contributed by atoms with Gasteiger partial charge in [-0.15, -0.1) is 0 Å². The molecule has 1 saturated carbocycles. The number of aromatic nitrogens is 2. The minimum atomic E-state index is -0.600. The molecule has 12 nitrogen and oxygen atoms in total. The summed E-state index contributed by atoms with van der Waals surface area (Å²) in [6, 6.07) is 10.8. The first-order valence-corrected chi connectivity index (χ1v) is 14.5. The third-order valence-corrected chi connectivity index (χ3v) is 8.28. The fourth-order valence-corrected chi connectivity index (χ4v) is 6.01. The molecule has 0 bridgehead atoms. The Bertz CT molecular complexity index is 1870. The predicted octanol–water partition coefficient (Wildman–Crippen LogP) is 4.29. The van der Waals surface area contributed by atoms with Gasteiger partial charge in [-0.3, -0.25) is 9.59 Å². The largest absolute Gasteiger partial charge is 0.456 e. The molecule has 0 unspecified atom stereocenters. The van der Waals surface area contributed by atoms with E-state index in [1.807, 2.05) is 29.3 Å². The first kappa shape index (κ1) is 27.0. The number of furan rings is 1. The number of nitrogens with zero attached hydrogens (tertiary/aromatic N) is 2. The van der Waals surface area contributed by atoms with E-state index in [1.165, 1.54) is 12.3 Å². The zero-order valence-electron chi connectivity index (χ0n) is 23.5. The number of hydrogen-bond donors (Lipinski definition) is 5. The van der Waals surface area contributed by atoms with Crippen LogP contribution in [-0.2, 0) is 4.74 Å². The second-order valence-corrected chi connectivity index (χ2v) is 11.1. The highest BCUT2D eigenvalue weighted by molar-refractivity contribution is 6.04. The number of hydrogen-bond acceptors (Lipinski definition) is 10. The van der Waals surface area contributed by atoms with Crippen LogP contribution in [0, 0.1) is 0 Å². The first-order chi connectivity index (χ1) is 20.9. The molecule has 5 heterocycles. The first-order valence-electron chi connectivity index (χ1n) is 14.5. The number of carbonyl (C=O) groups is 1. The molecular weight excluding hydrogens is 550 g/mol. The maximum atomic E-state index is 13.0. The van der Waals surface area contributed by atoms with Crippen LogP contribution in [0.15, 0.2) is 62.5 Å². The molecule has 1 aliphatic carbocycles. The Balaban J connectivity index is 1.28. The van der Waals surface area contributed by atoms with Gasteiger partial charge in [-0.1, -0.05) is 12.8 Å². The number of anilines is 4. The lowest BCUT2D eigenvalue weighted by Gasteiger charge is -2.29. The Morgan fingerprint density at radius 3 is 2.70 bits per heavy atom. The Hall–Kier alpha value is -4.81. The monoisotopic (exact) mass is 583 g/mol. The van der Waals surface area contributed by atoms with E-state index in [0.717, 1.165) is 42.1 Å². The lowest BCUT2D eigenvalue weighted by molar-refractivity contribution is 0.100. The molecule has 1 aromatic carbocycles. The minimum Gasteiger partial charge on any atom is -0.456 e. The van der Waals surface area contributed by atoms with Gasteiger partial charge in [0.05, 0.1) is 35.9 Å².